The van der Waals surface area contributed by atoms with Crippen molar-refractivity contribution in [2.75, 3.05) is 24.8 Å². The van der Waals surface area contributed by atoms with Crippen LogP contribution in [0.25, 0.3) is 6.08 Å². The Morgan fingerprint density at radius 3 is 2.37 bits per heavy atom. The molecule has 1 aliphatic rings. The second-order valence-corrected chi connectivity index (χ2v) is 7.22. The van der Waals surface area contributed by atoms with E-state index in [4.69, 9.17) is 23.2 Å². The van der Waals surface area contributed by atoms with Crippen LogP contribution in [0, 0.1) is 0 Å². The average molecular weight is 404 g/mol. The molecular weight excluding hydrogens is 381 g/mol. The maximum Gasteiger partial charge on any atom is 0.126 e. The first-order valence-electron chi connectivity index (χ1n) is 9.00. The van der Waals surface area contributed by atoms with Gasteiger partial charge in [0.25, 0.3) is 0 Å². The van der Waals surface area contributed by atoms with Gasteiger partial charge in [-0.3, -0.25) is 4.90 Å². The van der Waals surface area contributed by atoms with Crippen molar-refractivity contribution in [3.05, 3.63) is 71.3 Å². The number of rotatable bonds is 8. The zero-order valence-corrected chi connectivity index (χ0v) is 16.5. The number of halogens is 2. The topological polar surface area (TPSA) is 48.2 Å². The van der Waals surface area contributed by atoms with Gasteiger partial charge in [-0.2, -0.15) is 10.2 Å². The minimum Gasteiger partial charge on any atom is -0.386 e. The molecule has 0 unspecified atom stereocenters. The van der Waals surface area contributed by atoms with Crippen LogP contribution in [0.4, 0.5) is 5.69 Å². The van der Waals surface area contributed by atoms with Gasteiger partial charge in [0.2, 0.25) is 0 Å². The summed E-state index contributed by atoms with van der Waals surface area (Å²) in [5.74, 6) is 1.17. The van der Waals surface area contributed by atoms with Crippen molar-refractivity contribution in [1.82, 2.24) is 4.90 Å². The summed E-state index contributed by atoms with van der Waals surface area (Å²) >= 11 is 11.7. The molecule has 1 aliphatic carbocycles. The normalized spacial score (nSPS) is 19.0. The molecule has 4 nitrogen and oxygen atoms in total. The smallest absolute Gasteiger partial charge is 0.126 e. The van der Waals surface area contributed by atoms with Crippen molar-refractivity contribution in [1.29, 1.82) is 0 Å². The molecule has 2 aromatic carbocycles. The van der Waals surface area contributed by atoms with Crippen LogP contribution in [-0.4, -0.2) is 41.0 Å². The molecule has 6 heteroatoms. The Hall–Kier alpha value is -1.72. The third kappa shape index (κ3) is 5.39. The van der Waals surface area contributed by atoms with Crippen LogP contribution >= 0.6 is 23.2 Å². The van der Waals surface area contributed by atoms with Crippen molar-refractivity contribution in [3.8, 4) is 0 Å². The van der Waals surface area contributed by atoms with Gasteiger partial charge in [0.15, 0.2) is 0 Å². The summed E-state index contributed by atoms with van der Waals surface area (Å²) in [6, 6.07) is 15.5. The Bertz CT molecular complexity index is 786. The number of nitrogens with zero attached hydrogens (tertiary/aromatic N) is 3. The van der Waals surface area contributed by atoms with E-state index in [1.165, 1.54) is 5.56 Å². The molecule has 0 aliphatic heterocycles. The van der Waals surface area contributed by atoms with Crippen LogP contribution in [0.15, 0.2) is 64.8 Å². The Morgan fingerprint density at radius 2 is 1.67 bits per heavy atom. The summed E-state index contributed by atoms with van der Waals surface area (Å²) in [5, 5.41) is 19.0. The predicted molar refractivity (Wildman–Crippen MR) is 112 cm³/mol. The number of hydrogen-bond donors (Lipinski definition) is 1. The Morgan fingerprint density at radius 1 is 0.963 bits per heavy atom. The van der Waals surface area contributed by atoms with Crippen LogP contribution in [0.3, 0.4) is 0 Å². The van der Waals surface area contributed by atoms with E-state index >= 15 is 0 Å². The van der Waals surface area contributed by atoms with Crippen LogP contribution in [-0.2, 0) is 6.54 Å². The van der Waals surface area contributed by atoms with Crippen LogP contribution in [0.5, 0.6) is 0 Å². The Kier molecular flexibility index (Phi) is 7.41. The molecule has 142 valence electrons. The highest BCUT2D eigenvalue weighted by atomic mass is 35.5. The number of azo groups is 1. The molecule has 2 atom stereocenters. The van der Waals surface area contributed by atoms with E-state index in [2.05, 4.69) is 15.1 Å². The van der Waals surface area contributed by atoms with E-state index in [-0.39, 0.29) is 6.04 Å². The van der Waals surface area contributed by atoms with Gasteiger partial charge in [-0.25, -0.2) is 0 Å². The van der Waals surface area contributed by atoms with Crippen LogP contribution in [0.1, 0.15) is 22.7 Å². The van der Waals surface area contributed by atoms with E-state index < -0.39 is 6.10 Å². The molecule has 0 fully saturated rings. The number of benzene rings is 2. The molecule has 0 bridgehead atoms. The van der Waals surface area contributed by atoms with Gasteiger partial charge in [0.05, 0.1) is 5.69 Å². The zero-order valence-electron chi connectivity index (χ0n) is 15.0. The molecule has 3 rings (SSSR count). The minimum atomic E-state index is -0.664. The highest BCUT2D eigenvalue weighted by Gasteiger charge is 2.24. The lowest BCUT2D eigenvalue weighted by Gasteiger charge is -2.22. The number of hydrogen-bond acceptors (Lipinski definition) is 4. The molecule has 0 saturated heterocycles. The largest absolute Gasteiger partial charge is 0.386 e. The van der Waals surface area contributed by atoms with Crippen molar-refractivity contribution in [3.63, 3.8) is 0 Å². The average Bonchev–Trinajstić information content (AvgIpc) is 2.69. The van der Waals surface area contributed by atoms with Crippen molar-refractivity contribution < 1.29 is 5.11 Å². The maximum absolute atomic E-state index is 10.3. The fraction of sp³-hybridized carbons (Fsp3) is 0.333. The van der Waals surface area contributed by atoms with Crippen LogP contribution in [0.2, 0.25) is 0 Å². The van der Waals surface area contributed by atoms with Crippen molar-refractivity contribution in [2.45, 2.75) is 18.7 Å². The molecule has 27 heavy (non-hydrogen) atoms. The molecule has 0 saturated carbocycles. The SMILES string of the molecule is O[C@H]1C=Cc2ccccc2[C@H]1N=Nc1ccc(CN(CCCl)CCCl)cc1. The van der Waals surface area contributed by atoms with E-state index in [0.717, 1.165) is 36.4 Å². The standard InChI is InChI=1S/C21H23Cl2N3O/c22-11-13-26(14-12-23)15-16-5-8-18(9-6-16)24-25-21-19-4-2-1-3-17(19)7-10-20(21)27/h1-10,20-21,27H,11-15H2/t20-,21+/m0/s1. The molecule has 0 heterocycles. The van der Waals surface area contributed by atoms with E-state index in [1.54, 1.807) is 6.08 Å². The van der Waals surface area contributed by atoms with Gasteiger partial charge in [-0.15, -0.1) is 23.2 Å². The summed E-state index contributed by atoms with van der Waals surface area (Å²) in [4.78, 5) is 2.22. The molecule has 0 radical (unpaired) electrons. The lowest BCUT2D eigenvalue weighted by atomic mass is 9.91. The number of aliphatic hydroxyl groups excluding tert-OH is 1. The summed E-state index contributed by atoms with van der Waals surface area (Å²) in [7, 11) is 0. The number of alkyl halides is 2. The maximum atomic E-state index is 10.3. The third-order valence-electron chi connectivity index (χ3n) is 4.55. The fourth-order valence-corrected chi connectivity index (χ4v) is 3.60. The molecule has 0 aromatic heterocycles. The molecule has 0 amide bonds. The van der Waals surface area contributed by atoms with Gasteiger partial charge in [0, 0.05) is 31.4 Å². The summed E-state index contributed by atoms with van der Waals surface area (Å²) < 4.78 is 0. The summed E-state index contributed by atoms with van der Waals surface area (Å²) in [6.07, 6.45) is 3.02. The van der Waals surface area contributed by atoms with Crippen LogP contribution < -0.4 is 0 Å². The fourth-order valence-electron chi connectivity index (χ4n) is 3.12. The molecule has 1 N–H and O–H groups in total. The lowest BCUT2D eigenvalue weighted by molar-refractivity contribution is 0.189. The minimum absolute atomic E-state index is 0.381. The van der Waals surface area contributed by atoms with Gasteiger partial charge in [-0.05, 0) is 28.8 Å². The number of aliphatic hydroxyl groups is 1. The molecular formula is C21H23Cl2N3O. The summed E-state index contributed by atoms with van der Waals surface area (Å²) in [6.45, 7) is 2.42. The highest BCUT2D eigenvalue weighted by molar-refractivity contribution is 6.18. The van der Waals surface area contributed by atoms with E-state index in [0.29, 0.717) is 11.8 Å². The Balaban J connectivity index is 1.68. The van der Waals surface area contributed by atoms with Crippen molar-refractivity contribution in [2.24, 2.45) is 10.2 Å². The predicted octanol–water partition coefficient (Wildman–Crippen LogP) is 5.18. The second kappa shape index (κ2) is 10.00. The zero-order chi connectivity index (χ0) is 19.1. The van der Waals surface area contributed by atoms with E-state index in [1.807, 2.05) is 54.6 Å². The molecule has 0 spiro atoms. The van der Waals surface area contributed by atoms with Gasteiger partial charge >= 0.3 is 0 Å². The quantitative estimate of drug-likeness (QED) is 0.487. The van der Waals surface area contributed by atoms with Gasteiger partial charge in [-0.1, -0.05) is 48.6 Å². The van der Waals surface area contributed by atoms with Gasteiger partial charge < -0.3 is 5.11 Å². The number of fused-ring (bicyclic) bond motifs is 1. The Labute approximate surface area is 170 Å². The van der Waals surface area contributed by atoms with E-state index in [9.17, 15) is 5.11 Å². The first-order valence-corrected chi connectivity index (χ1v) is 10.1. The third-order valence-corrected chi connectivity index (χ3v) is 4.89. The summed E-state index contributed by atoms with van der Waals surface area (Å²) in [5.41, 5.74) is 4.00. The highest BCUT2D eigenvalue weighted by Crippen LogP contribution is 2.32. The lowest BCUT2D eigenvalue weighted by Crippen LogP contribution is -2.27. The first-order chi connectivity index (χ1) is 13.2. The monoisotopic (exact) mass is 403 g/mol. The molecule has 2 aromatic rings. The van der Waals surface area contributed by atoms with Gasteiger partial charge in [0.1, 0.15) is 12.1 Å². The van der Waals surface area contributed by atoms with Crippen molar-refractivity contribution >= 4 is 35.0 Å². The second-order valence-electron chi connectivity index (χ2n) is 6.46. The first kappa shape index (κ1) is 20.0.